The second-order valence-corrected chi connectivity index (χ2v) is 16.4. The number of para-hydroxylation sites is 2. The molecule has 316 valence electrons. The summed E-state index contributed by atoms with van der Waals surface area (Å²) in [5.74, 6) is 0. The molecule has 10 aromatic rings. The number of halogens is 6. The number of aromatic nitrogens is 2. The zero-order chi connectivity index (χ0) is 45.5. The van der Waals surface area contributed by atoms with Crippen LogP contribution in [0.3, 0.4) is 0 Å². The van der Waals surface area contributed by atoms with E-state index in [1.807, 2.05) is 85.1 Å². The monoisotopic (exact) mass is 864 g/mol. The minimum absolute atomic E-state index is 0.0433. The molecule has 65 heavy (non-hydrogen) atoms. The first-order valence-electron chi connectivity index (χ1n) is 20.7. The molecule has 2 aromatic heterocycles. The molecule has 0 saturated carbocycles. The van der Waals surface area contributed by atoms with Crippen molar-refractivity contribution in [2.24, 2.45) is 0 Å². The van der Waals surface area contributed by atoms with Crippen molar-refractivity contribution in [2.75, 3.05) is 0 Å². The van der Waals surface area contributed by atoms with Gasteiger partial charge in [0.25, 0.3) is 0 Å². The summed E-state index contributed by atoms with van der Waals surface area (Å²) in [7, 11) is 0. The fraction of sp³-hybridized carbons (Fsp3) is 0.0909. The zero-order valence-electron chi connectivity index (χ0n) is 35.0. The van der Waals surface area contributed by atoms with Crippen molar-refractivity contribution in [2.45, 2.75) is 33.1 Å². The number of fused-ring (bicyclic) bond motifs is 6. The molecular weight excluding hydrogens is 831 g/mol. The Labute approximate surface area is 369 Å². The Morgan fingerprint density at radius 1 is 0.431 bits per heavy atom. The lowest BCUT2D eigenvalue weighted by Gasteiger charge is -2.20. The Hall–Kier alpha value is -8.08. The van der Waals surface area contributed by atoms with Crippen LogP contribution >= 0.6 is 0 Å². The first kappa shape index (κ1) is 41.0. The summed E-state index contributed by atoms with van der Waals surface area (Å²) >= 11 is 0. The van der Waals surface area contributed by atoms with Crippen molar-refractivity contribution in [1.29, 1.82) is 10.5 Å². The van der Waals surface area contributed by atoms with Gasteiger partial charge in [0.05, 0.1) is 56.2 Å². The highest BCUT2D eigenvalue weighted by molar-refractivity contribution is 6.12. The average molecular weight is 865 g/mol. The topological polar surface area (TPSA) is 57.4 Å². The molecule has 0 aliphatic rings. The van der Waals surface area contributed by atoms with E-state index in [2.05, 4.69) is 60.0 Å². The molecule has 0 aliphatic carbocycles. The van der Waals surface area contributed by atoms with Crippen LogP contribution in [-0.2, 0) is 12.4 Å². The van der Waals surface area contributed by atoms with Crippen LogP contribution in [0.2, 0.25) is 0 Å². The first-order chi connectivity index (χ1) is 31.1. The second kappa shape index (κ2) is 15.0. The van der Waals surface area contributed by atoms with Crippen molar-refractivity contribution < 1.29 is 26.3 Å². The quantitative estimate of drug-likeness (QED) is 0.162. The van der Waals surface area contributed by atoms with Crippen LogP contribution in [0.4, 0.5) is 26.3 Å². The molecule has 0 saturated heterocycles. The second-order valence-electron chi connectivity index (χ2n) is 16.4. The number of nitriles is 2. The predicted molar refractivity (Wildman–Crippen MR) is 245 cm³/mol. The van der Waals surface area contributed by atoms with Crippen LogP contribution in [0, 0.1) is 43.4 Å². The molecule has 0 radical (unpaired) electrons. The molecule has 0 aliphatic heterocycles. The lowest BCUT2D eigenvalue weighted by Crippen LogP contribution is -2.12. The minimum Gasteiger partial charge on any atom is -0.308 e. The lowest BCUT2D eigenvalue weighted by atomic mass is 9.95. The maximum atomic E-state index is 14.6. The van der Waals surface area contributed by atoms with Gasteiger partial charge in [0.1, 0.15) is 11.6 Å². The van der Waals surface area contributed by atoms with Gasteiger partial charge in [-0.15, -0.1) is 0 Å². The predicted octanol–water partition coefficient (Wildman–Crippen LogP) is 15.6. The summed E-state index contributed by atoms with van der Waals surface area (Å²) in [6.45, 7) is 6.03. The summed E-state index contributed by atoms with van der Waals surface area (Å²) in [6.07, 6.45) is -10.1. The third kappa shape index (κ3) is 6.77. The molecule has 0 spiro atoms. The van der Waals surface area contributed by atoms with Crippen LogP contribution in [0.25, 0.3) is 88.4 Å². The molecule has 0 amide bonds. The summed E-state index contributed by atoms with van der Waals surface area (Å²) in [5, 5.41) is 24.6. The number of rotatable bonds is 5. The molecule has 10 heteroatoms. The largest absolute Gasteiger partial charge is 0.417 e. The Morgan fingerprint density at radius 3 is 1.46 bits per heavy atom. The van der Waals surface area contributed by atoms with E-state index in [-0.39, 0.29) is 17.2 Å². The molecule has 2 heterocycles. The van der Waals surface area contributed by atoms with Gasteiger partial charge < -0.3 is 9.13 Å². The summed E-state index contributed by atoms with van der Waals surface area (Å²) < 4.78 is 89.2. The van der Waals surface area contributed by atoms with Crippen molar-refractivity contribution in [3.63, 3.8) is 0 Å². The summed E-state index contributed by atoms with van der Waals surface area (Å²) in [5.41, 5.74) is 7.83. The van der Waals surface area contributed by atoms with Gasteiger partial charge in [-0.05, 0) is 126 Å². The fourth-order valence-corrected chi connectivity index (χ4v) is 9.43. The molecule has 0 fully saturated rings. The number of hydrogen-bond acceptors (Lipinski definition) is 2. The van der Waals surface area contributed by atoms with Crippen molar-refractivity contribution >= 4 is 43.6 Å². The molecule has 4 nitrogen and oxygen atoms in total. The van der Waals surface area contributed by atoms with Gasteiger partial charge in [0, 0.05) is 21.5 Å². The molecule has 8 aromatic carbocycles. The third-order valence-electron chi connectivity index (χ3n) is 12.4. The number of nitrogens with zero attached hydrogens (tertiary/aromatic N) is 4. The maximum absolute atomic E-state index is 14.6. The Bertz CT molecular complexity index is 3700. The maximum Gasteiger partial charge on any atom is 0.417 e. The van der Waals surface area contributed by atoms with Crippen LogP contribution in [0.15, 0.2) is 152 Å². The molecule has 10 rings (SSSR count). The number of benzene rings is 8. The summed E-state index contributed by atoms with van der Waals surface area (Å²) in [6, 6.07) is 48.3. The van der Waals surface area contributed by atoms with Gasteiger partial charge in [0.15, 0.2) is 0 Å². The molecule has 0 bridgehead atoms. The van der Waals surface area contributed by atoms with E-state index in [0.29, 0.717) is 45.0 Å². The van der Waals surface area contributed by atoms with E-state index < -0.39 is 29.0 Å². The fourth-order valence-electron chi connectivity index (χ4n) is 9.43. The smallest absolute Gasteiger partial charge is 0.308 e. The van der Waals surface area contributed by atoms with Gasteiger partial charge in [-0.1, -0.05) is 96.6 Å². The Morgan fingerprint density at radius 2 is 0.938 bits per heavy atom. The minimum atomic E-state index is -5.10. The van der Waals surface area contributed by atoms with Crippen molar-refractivity contribution in [1.82, 2.24) is 9.13 Å². The summed E-state index contributed by atoms with van der Waals surface area (Å²) in [4.78, 5) is 0. The highest BCUT2D eigenvalue weighted by Gasteiger charge is 2.38. The number of hydrogen-bond donors (Lipinski definition) is 0. The molecular formula is C55H34F6N4. The van der Waals surface area contributed by atoms with Crippen molar-refractivity contribution in [3.8, 4) is 56.9 Å². The van der Waals surface area contributed by atoms with E-state index in [0.717, 1.165) is 66.6 Å². The number of aryl methyl sites for hydroxylation is 3. The van der Waals surface area contributed by atoms with Crippen LogP contribution in [0.5, 0.6) is 0 Å². The third-order valence-corrected chi connectivity index (χ3v) is 12.4. The molecule has 0 atom stereocenters. The van der Waals surface area contributed by atoms with E-state index in [9.17, 15) is 36.9 Å². The molecule has 0 unspecified atom stereocenters. The standard InChI is InChI=1S/C55H34F6N4/c1-31-12-17-39(32(2)22-31)35-14-19-44-42-8-4-6-10-48(42)64(50(44)24-35)52-26-37(40-18-13-34(29-62)23-33(40)3)27-53(46(52)30-63)65-49-11-7-5-9-43(49)45-20-15-36(25-51(45)65)41-21-16-38(54(56,57)58)28-47(41)55(59,60)61/h4-28H,1-3H3. The van der Waals surface area contributed by atoms with Crippen LogP contribution in [-0.4, -0.2) is 9.13 Å². The Balaban J connectivity index is 1.33. The van der Waals surface area contributed by atoms with Crippen LogP contribution < -0.4 is 0 Å². The van der Waals surface area contributed by atoms with E-state index in [4.69, 9.17) is 0 Å². The number of alkyl halides is 6. The SMILES string of the molecule is Cc1ccc(-c2ccc3c4ccccc4n(-c4cc(-c5ccc(C#N)cc5C)cc(-n5c6ccccc6c6ccc(-c7ccc(C(F)(F)F)cc7C(F)(F)F)cc65)c4C#N)c3c2)c(C)c1. The highest BCUT2D eigenvalue weighted by atomic mass is 19.4. The van der Waals surface area contributed by atoms with Crippen molar-refractivity contribution in [3.05, 3.63) is 191 Å². The zero-order valence-corrected chi connectivity index (χ0v) is 35.0. The Kier molecular flexibility index (Phi) is 9.47. The van der Waals surface area contributed by atoms with Crippen LogP contribution in [0.1, 0.15) is 38.9 Å². The molecule has 0 N–H and O–H groups in total. The first-order valence-corrected chi connectivity index (χ1v) is 20.7. The van der Waals surface area contributed by atoms with E-state index in [1.165, 1.54) is 6.07 Å². The highest BCUT2D eigenvalue weighted by Crippen LogP contribution is 2.45. The van der Waals surface area contributed by atoms with E-state index >= 15 is 0 Å². The van der Waals surface area contributed by atoms with E-state index in [1.54, 1.807) is 24.3 Å². The van der Waals surface area contributed by atoms with Gasteiger partial charge >= 0.3 is 12.4 Å². The van der Waals surface area contributed by atoms with Gasteiger partial charge in [-0.2, -0.15) is 36.9 Å². The van der Waals surface area contributed by atoms with Gasteiger partial charge in [-0.25, -0.2) is 0 Å². The average Bonchev–Trinajstić information content (AvgIpc) is 3.79. The van der Waals surface area contributed by atoms with Gasteiger partial charge in [0.2, 0.25) is 0 Å². The lowest BCUT2D eigenvalue weighted by molar-refractivity contribution is -0.142. The van der Waals surface area contributed by atoms with Gasteiger partial charge in [-0.3, -0.25) is 0 Å². The normalized spacial score (nSPS) is 12.0.